The Labute approximate surface area is 84.7 Å². The lowest BCUT2D eigenvalue weighted by atomic mass is 10.0. The molecular weight excluding hydrogens is 182 g/mol. The molecule has 2 aliphatic heterocycles. The Morgan fingerprint density at radius 2 is 2.00 bits per heavy atom. The van der Waals surface area contributed by atoms with E-state index in [0.717, 1.165) is 31.8 Å². The van der Waals surface area contributed by atoms with Gasteiger partial charge in [0.2, 0.25) is 0 Å². The van der Waals surface area contributed by atoms with Gasteiger partial charge in [-0.25, -0.2) is 0 Å². The monoisotopic (exact) mass is 201 g/mol. The molecular formula is C10H19NOS. The van der Waals surface area contributed by atoms with E-state index in [0.29, 0.717) is 0 Å². The first-order chi connectivity index (χ1) is 6.34. The molecule has 3 heteroatoms. The van der Waals surface area contributed by atoms with Crippen LogP contribution in [0.3, 0.4) is 0 Å². The van der Waals surface area contributed by atoms with E-state index in [-0.39, 0.29) is 6.10 Å². The second-order valence-corrected chi connectivity index (χ2v) is 5.41. The van der Waals surface area contributed by atoms with Crippen molar-refractivity contribution >= 4 is 11.8 Å². The molecule has 0 amide bonds. The van der Waals surface area contributed by atoms with E-state index in [9.17, 15) is 5.11 Å². The molecule has 2 saturated heterocycles. The van der Waals surface area contributed by atoms with E-state index in [4.69, 9.17) is 0 Å². The molecule has 0 radical (unpaired) electrons. The maximum Gasteiger partial charge on any atom is 0.0564 e. The van der Waals surface area contributed by atoms with Gasteiger partial charge in [0.1, 0.15) is 0 Å². The van der Waals surface area contributed by atoms with Crippen molar-refractivity contribution in [2.24, 2.45) is 5.92 Å². The zero-order chi connectivity index (χ0) is 9.10. The number of hydrogen-bond donors (Lipinski definition) is 1. The van der Waals surface area contributed by atoms with Crippen LogP contribution in [0, 0.1) is 5.92 Å². The third-order valence-corrected chi connectivity index (χ3v) is 4.33. The molecule has 0 saturated carbocycles. The van der Waals surface area contributed by atoms with E-state index < -0.39 is 0 Å². The zero-order valence-electron chi connectivity index (χ0n) is 8.11. The van der Waals surface area contributed by atoms with Crippen molar-refractivity contribution < 1.29 is 5.11 Å². The van der Waals surface area contributed by atoms with Gasteiger partial charge in [-0.1, -0.05) is 0 Å². The minimum absolute atomic E-state index is 0.0193. The zero-order valence-corrected chi connectivity index (χ0v) is 8.93. The quantitative estimate of drug-likeness (QED) is 0.726. The van der Waals surface area contributed by atoms with Crippen LogP contribution in [0.1, 0.15) is 19.3 Å². The Kier molecular flexibility index (Phi) is 3.52. The first-order valence-electron chi connectivity index (χ1n) is 5.33. The standard InChI is InChI=1S/C10H19NOS/c12-10-1-4-11(5-2-10)7-9-3-6-13-8-9/h9-10,12H,1-8H2. The van der Waals surface area contributed by atoms with Crippen LogP contribution in [0.4, 0.5) is 0 Å². The molecule has 0 aromatic carbocycles. The van der Waals surface area contributed by atoms with Gasteiger partial charge in [-0.2, -0.15) is 11.8 Å². The van der Waals surface area contributed by atoms with E-state index in [1.165, 1.54) is 24.5 Å². The second-order valence-electron chi connectivity index (χ2n) is 4.26. The number of rotatable bonds is 2. The van der Waals surface area contributed by atoms with Crippen LogP contribution in [0.2, 0.25) is 0 Å². The highest BCUT2D eigenvalue weighted by atomic mass is 32.2. The Hall–Kier alpha value is 0.270. The Morgan fingerprint density at radius 3 is 2.62 bits per heavy atom. The van der Waals surface area contributed by atoms with Gasteiger partial charge in [0.15, 0.2) is 0 Å². The van der Waals surface area contributed by atoms with Crippen LogP contribution in [-0.2, 0) is 0 Å². The van der Waals surface area contributed by atoms with Gasteiger partial charge in [-0.05, 0) is 36.7 Å². The number of nitrogens with zero attached hydrogens (tertiary/aromatic N) is 1. The highest BCUT2D eigenvalue weighted by Gasteiger charge is 2.22. The molecule has 13 heavy (non-hydrogen) atoms. The van der Waals surface area contributed by atoms with Crippen molar-refractivity contribution in [1.82, 2.24) is 4.90 Å². The van der Waals surface area contributed by atoms with E-state index in [1.54, 1.807) is 0 Å². The summed E-state index contributed by atoms with van der Waals surface area (Å²) in [5.74, 6) is 3.65. The summed E-state index contributed by atoms with van der Waals surface area (Å²) in [5, 5.41) is 9.36. The molecule has 76 valence electrons. The van der Waals surface area contributed by atoms with Crippen LogP contribution in [0.5, 0.6) is 0 Å². The minimum Gasteiger partial charge on any atom is -0.393 e. The number of hydrogen-bond acceptors (Lipinski definition) is 3. The van der Waals surface area contributed by atoms with Crippen LogP contribution < -0.4 is 0 Å². The summed E-state index contributed by atoms with van der Waals surface area (Å²) in [6, 6.07) is 0. The molecule has 2 aliphatic rings. The Morgan fingerprint density at radius 1 is 1.23 bits per heavy atom. The Bertz CT molecular complexity index is 151. The van der Waals surface area contributed by atoms with Crippen molar-refractivity contribution in [3.8, 4) is 0 Å². The summed E-state index contributed by atoms with van der Waals surface area (Å²) in [6.45, 7) is 3.50. The van der Waals surface area contributed by atoms with Crippen molar-refractivity contribution in [3.05, 3.63) is 0 Å². The Balaban J connectivity index is 1.69. The molecule has 0 aromatic rings. The average molecular weight is 201 g/mol. The van der Waals surface area contributed by atoms with Crippen LogP contribution >= 0.6 is 11.8 Å². The summed E-state index contributed by atoms with van der Waals surface area (Å²) in [5.41, 5.74) is 0. The molecule has 1 unspecified atom stereocenters. The van der Waals surface area contributed by atoms with E-state index >= 15 is 0 Å². The molecule has 0 aromatic heterocycles. The predicted octanol–water partition coefficient (Wildman–Crippen LogP) is 1.20. The van der Waals surface area contributed by atoms with Gasteiger partial charge in [0, 0.05) is 19.6 Å². The lowest BCUT2D eigenvalue weighted by Gasteiger charge is -2.31. The lowest BCUT2D eigenvalue weighted by Crippen LogP contribution is -2.38. The molecule has 2 nitrogen and oxygen atoms in total. The fourth-order valence-corrected chi connectivity index (χ4v) is 3.47. The number of thioether (sulfide) groups is 1. The first-order valence-corrected chi connectivity index (χ1v) is 6.48. The van der Waals surface area contributed by atoms with Crippen LogP contribution in [0.25, 0.3) is 0 Å². The molecule has 0 spiro atoms. The highest BCUT2D eigenvalue weighted by molar-refractivity contribution is 7.99. The van der Waals surface area contributed by atoms with Gasteiger partial charge in [-0.3, -0.25) is 0 Å². The van der Waals surface area contributed by atoms with Crippen LogP contribution in [0.15, 0.2) is 0 Å². The van der Waals surface area contributed by atoms with Gasteiger partial charge in [0.05, 0.1) is 6.10 Å². The van der Waals surface area contributed by atoms with Gasteiger partial charge >= 0.3 is 0 Å². The summed E-state index contributed by atoms with van der Waals surface area (Å²) in [7, 11) is 0. The largest absolute Gasteiger partial charge is 0.393 e. The summed E-state index contributed by atoms with van der Waals surface area (Å²) in [6.07, 6.45) is 3.36. The molecule has 2 rings (SSSR count). The number of likely N-dealkylation sites (tertiary alicyclic amines) is 1. The van der Waals surface area contributed by atoms with Gasteiger partial charge < -0.3 is 10.0 Å². The molecule has 2 fully saturated rings. The average Bonchev–Trinajstić information content (AvgIpc) is 2.62. The lowest BCUT2D eigenvalue weighted by molar-refractivity contribution is 0.0765. The van der Waals surface area contributed by atoms with Crippen molar-refractivity contribution in [1.29, 1.82) is 0 Å². The molecule has 1 N–H and O–H groups in total. The third-order valence-electron chi connectivity index (χ3n) is 3.10. The topological polar surface area (TPSA) is 23.5 Å². The first kappa shape index (κ1) is 9.81. The van der Waals surface area contributed by atoms with E-state index in [2.05, 4.69) is 16.7 Å². The molecule has 1 atom stereocenters. The number of aliphatic hydroxyl groups excluding tert-OH is 1. The van der Waals surface area contributed by atoms with Gasteiger partial charge in [0.25, 0.3) is 0 Å². The summed E-state index contributed by atoms with van der Waals surface area (Å²) < 4.78 is 0. The SMILES string of the molecule is OC1CCN(CC2CCSC2)CC1. The normalized spacial score (nSPS) is 32.5. The summed E-state index contributed by atoms with van der Waals surface area (Å²) in [4.78, 5) is 2.53. The molecule has 0 bridgehead atoms. The second kappa shape index (κ2) is 4.67. The highest BCUT2D eigenvalue weighted by Crippen LogP contribution is 2.25. The number of aliphatic hydroxyl groups is 1. The van der Waals surface area contributed by atoms with Crippen LogP contribution in [-0.4, -0.2) is 47.3 Å². The maximum absolute atomic E-state index is 9.36. The smallest absolute Gasteiger partial charge is 0.0564 e. The minimum atomic E-state index is -0.0193. The van der Waals surface area contributed by atoms with Crippen molar-refractivity contribution in [2.45, 2.75) is 25.4 Å². The van der Waals surface area contributed by atoms with Crippen molar-refractivity contribution in [2.75, 3.05) is 31.1 Å². The van der Waals surface area contributed by atoms with Gasteiger partial charge in [-0.15, -0.1) is 0 Å². The number of piperidine rings is 1. The van der Waals surface area contributed by atoms with E-state index in [1.807, 2.05) is 0 Å². The summed E-state index contributed by atoms with van der Waals surface area (Å²) >= 11 is 2.10. The molecule has 2 heterocycles. The maximum atomic E-state index is 9.36. The fourth-order valence-electron chi connectivity index (χ4n) is 2.19. The third kappa shape index (κ3) is 2.86. The van der Waals surface area contributed by atoms with Crippen molar-refractivity contribution in [3.63, 3.8) is 0 Å². The molecule has 0 aliphatic carbocycles. The predicted molar refractivity (Wildman–Crippen MR) is 57.1 cm³/mol. The fraction of sp³-hybridized carbons (Fsp3) is 1.00.